The number of nitrogens with zero attached hydrogens (tertiary/aromatic N) is 2. The number of hydrogen-bond donors (Lipinski definition) is 1. The highest BCUT2D eigenvalue weighted by Gasteiger charge is 2.05. The molecular weight excluding hydrogens is 182 g/mol. The number of Topliss-reactive ketones (excluding diaryl/α,β-unsaturated/α-hetero) is 1. The third-order valence-electron chi connectivity index (χ3n) is 1.80. The molecule has 0 aliphatic heterocycles. The average Bonchev–Trinajstić information content (AvgIpc) is 2.46. The maximum atomic E-state index is 11.1. The van der Waals surface area contributed by atoms with Crippen LogP contribution in [-0.4, -0.2) is 21.5 Å². The number of rotatable bonds is 4. The Morgan fingerprint density at radius 2 is 2.29 bits per heavy atom. The Balaban J connectivity index is 2.38. The van der Waals surface area contributed by atoms with Crippen LogP contribution in [-0.2, 0) is 23.2 Å². The number of ketones is 1. The van der Waals surface area contributed by atoms with Gasteiger partial charge in [-0.1, -0.05) is 0 Å². The summed E-state index contributed by atoms with van der Waals surface area (Å²) < 4.78 is 1.67. The Morgan fingerprint density at radius 3 is 2.79 bits per heavy atom. The molecular formula is C9H13N3O2. The Hall–Kier alpha value is -1.65. The minimum absolute atomic E-state index is 0.0577. The summed E-state index contributed by atoms with van der Waals surface area (Å²) in [5, 5.41) is 6.59. The number of aryl methyl sites for hydroxylation is 1. The Kier molecular flexibility index (Phi) is 3.39. The van der Waals surface area contributed by atoms with Gasteiger partial charge in [0.15, 0.2) is 0 Å². The number of amides is 1. The van der Waals surface area contributed by atoms with E-state index in [0.717, 1.165) is 5.69 Å². The van der Waals surface area contributed by atoms with E-state index in [1.807, 2.05) is 6.07 Å². The highest BCUT2D eigenvalue weighted by Crippen LogP contribution is 1.95. The first kappa shape index (κ1) is 10.4. The molecule has 1 N–H and O–H groups in total. The molecule has 0 aliphatic rings. The molecule has 1 aromatic heterocycles. The molecule has 0 atom stereocenters. The number of nitrogens with one attached hydrogen (secondary N) is 1. The lowest BCUT2D eigenvalue weighted by molar-refractivity contribution is -0.127. The largest absolute Gasteiger partial charge is 0.350 e. The second kappa shape index (κ2) is 4.55. The van der Waals surface area contributed by atoms with Crippen LogP contribution in [0.15, 0.2) is 12.3 Å². The smallest absolute Gasteiger partial charge is 0.227 e. The van der Waals surface area contributed by atoms with E-state index < -0.39 is 0 Å². The van der Waals surface area contributed by atoms with Gasteiger partial charge in [0, 0.05) is 13.2 Å². The standard InChI is InChI=1S/C9H13N3O2/c1-7(13)5-9(14)10-6-8-3-4-11-12(8)2/h3-4H,5-6H2,1-2H3,(H,10,14). The highest BCUT2D eigenvalue weighted by atomic mass is 16.2. The van der Waals surface area contributed by atoms with Crippen molar-refractivity contribution in [3.05, 3.63) is 18.0 Å². The van der Waals surface area contributed by atoms with E-state index in [0.29, 0.717) is 6.54 Å². The van der Waals surface area contributed by atoms with Crippen LogP contribution in [0.2, 0.25) is 0 Å². The normalized spacial score (nSPS) is 9.86. The van der Waals surface area contributed by atoms with Gasteiger partial charge in [0.05, 0.1) is 18.7 Å². The number of aromatic nitrogens is 2. The summed E-state index contributed by atoms with van der Waals surface area (Å²) in [5.41, 5.74) is 0.905. The van der Waals surface area contributed by atoms with Crippen LogP contribution in [0, 0.1) is 0 Å². The quantitative estimate of drug-likeness (QED) is 0.688. The fourth-order valence-corrected chi connectivity index (χ4v) is 1.05. The second-order valence-corrected chi connectivity index (χ2v) is 3.10. The number of carbonyl (C=O) groups excluding carboxylic acids is 2. The van der Waals surface area contributed by atoms with Gasteiger partial charge in [-0.2, -0.15) is 5.10 Å². The summed E-state index contributed by atoms with van der Waals surface area (Å²) in [6.45, 7) is 1.80. The zero-order valence-electron chi connectivity index (χ0n) is 8.28. The molecule has 0 saturated carbocycles. The van der Waals surface area contributed by atoms with Crippen LogP contribution in [0.25, 0.3) is 0 Å². The second-order valence-electron chi connectivity index (χ2n) is 3.10. The van der Waals surface area contributed by atoms with Crippen molar-refractivity contribution in [2.24, 2.45) is 7.05 Å². The summed E-state index contributed by atoms with van der Waals surface area (Å²) >= 11 is 0. The fourth-order valence-electron chi connectivity index (χ4n) is 1.05. The van der Waals surface area contributed by atoms with Crippen LogP contribution in [0.4, 0.5) is 0 Å². The van der Waals surface area contributed by atoms with E-state index in [-0.39, 0.29) is 18.1 Å². The minimum Gasteiger partial charge on any atom is -0.350 e. The summed E-state index contributed by atoms with van der Waals surface area (Å²) in [6, 6.07) is 1.81. The van der Waals surface area contributed by atoms with Crippen molar-refractivity contribution in [1.82, 2.24) is 15.1 Å². The molecule has 0 aliphatic carbocycles. The van der Waals surface area contributed by atoms with Crippen LogP contribution in [0.3, 0.4) is 0 Å². The van der Waals surface area contributed by atoms with Gasteiger partial charge in [-0.3, -0.25) is 14.3 Å². The van der Waals surface area contributed by atoms with Crippen molar-refractivity contribution >= 4 is 11.7 Å². The summed E-state index contributed by atoms with van der Waals surface area (Å²) in [6.07, 6.45) is 1.60. The van der Waals surface area contributed by atoms with Crippen molar-refractivity contribution in [2.75, 3.05) is 0 Å². The molecule has 14 heavy (non-hydrogen) atoms. The fraction of sp³-hybridized carbons (Fsp3) is 0.444. The van der Waals surface area contributed by atoms with Gasteiger partial charge in [-0.15, -0.1) is 0 Å². The van der Waals surface area contributed by atoms with E-state index in [2.05, 4.69) is 10.4 Å². The summed E-state index contributed by atoms with van der Waals surface area (Å²) in [5.74, 6) is -0.383. The Labute approximate surface area is 82.1 Å². The summed E-state index contributed by atoms with van der Waals surface area (Å²) in [4.78, 5) is 21.7. The molecule has 5 nitrogen and oxygen atoms in total. The maximum absolute atomic E-state index is 11.1. The molecule has 1 rings (SSSR count). The highest BCUT2D eigenvalue weighted by molar-refractivity contribution is 5.96. The van der Waals surface area contributed by atoms with Crippen LogP contribution in [0.5, 0.6) is 0 Å². The maximum Gasteiger partial charge on any atom is 0.227 e. The third kappa shape index (κ3) is 3.01. The van der Waals surface area contributed by atoms with Gasteiger partial charge < -0.3 is 5.32 Å². The number of hydrogen-bond acceptors (Lipinski definition) is 3. The molecule has 0 bridgehead atoms. The first-order chi connectivity index (χ1) is 6.59. The van der Waals surface area contributed by atoms with Crippen molar-refractivity contribution < 1.29 is 9.59 Å². The first-order valence-corrected chi connectivity index (χ1v) is 4.32. The monoisotopic (exact) mass is 195 g/mol. The van der Waals surface area contributed by atoms with Crippen molar-refractivity contribution in [1.29, 1.82) is 0 Å². The predicted octanol–water partition coefficient (Wildman–Crippen LogP) is 0.0154. The van der Waals surface area contributed by atoms with Crippen molar-refractivity contribution in [3.63, 3.8) is 0 Å². The average molecular weight is 195 g/mol. The molecule has 1 aromatic rings. The molecule has 0 saturated heterocycles. The van der Waals surface area contributed by atoms with Gasteiger partial charge in [0.25, 0.3) is 0 Å². The topological polar surface area (TPSA) is 64.0 Å². The SMILES string of the molecule is CC(=O)CC(=O)NCc1ccnn1C. The van der Waals surface area contributed by atoms with E-state index in [4.69, 9.17) is 0 Å². The molecule has 0 fully saturated rings. The molecule has 76 valence electrons. The van der Waals surface area contributed by atoms with Gasteiger partial charge in [-0.05, 0) is 13.0 Å². The molecule has 0 aromatic carbocycles. The third-order valence-corrected chi connectivity index (χ3v) is 1.80. The van der Waals surface area contributed by atoms with Gasteiger partial charge in [-0.25, -0.2) is 0 Å². The molecule has 1 amide bonds. The Morgan fingerprint density at radius 1 is 1.57 bits per heavy atom. The van der Waals surface area contributed by atoms with Gasteiger partial charge in [0.1, 0.15) is 5.78 Å². The first-order valence-electron chi connectivity index (χ1n) is 4.32. The van der Waals surface area contributed by atoms with E-state index in [9.17, 15) is 9.59 Å². The zero-order valence-corrected chi connectivity index (χ0v) is 8.28. The lowest BCUT2D eigenvalue weighted by atomic mass is 10.3. The molecule has 1 heterocycles. The molecule has 0 radical (unpaired) electrons. The lowest BCUT2D eigenvalue weighted by Gasteiger charge is -2.03. The zero-order chi connectivity index (χ0) is 10.6. The van der Waals surface area contributed by atoms with Crippen LogP contribution < -0.4 is 5.32 Å². The van der Waals surface area contributed by atoms with Crippen molar-refractivity contribution in [3.8, 4) is 0 Å². The minimum atomic E-state index is -0.251. The van der Waals surface area contributed by atoms with E-state index in [1.54, 1.807) is 17.9 Å². The predicted molar refractivity (Wildman–Crippen MR) is 50.4 cm³/mol. The summed E-state index contributed by atoms with van der Waals surface area (Å²) in [7, 11) is 1.80. The van der Waals surface area contributed by atoms with E-state index in [1.165, 1.54) is 6.92 Å². The molecule has 5 heteroatoms. The lowest BCUT2D eigenvalue weighted by Crippen LogP contribution is -2.25. The molecule has 0 unspecified atom stereocenters. The molecule has 0 spiro atoms. The van der Waals surface area contributed by atoms with Crippen LogP contribution >= 0.6 is 0 Å². The van der Waals surface area contributed by atoms with Gasteiger partial charge in [0.2, 0.25) is 5.91 Å². The van der Waals surface area contributed by atoms with E-state index >= 15 is 0 Å². The Bertz CT molecular complexity index is 344. The van der Waals surface area contributed by atoms with Crippen LogP contribution in [0.1, 0.15) is 19.0 Å². The van der Waals surface area contributed by atoms with Gasteiger partial charge >= 0.3 is 0 Å². The van der Waals surface area contributed by atoms with Crippen molar-refractivity contribution in [2.45, 2.75) is 19.9 Å². The number of carbonyl (C=O) groups is 2.